The first kappa shape index (κ1) is 16.4. The van der Waals surface area contributed by atoms with Crippen molar-refractivity contribution >= 4 is 23.2 Å². The number of benzene rings is 1. The first-order chi connectivity index (χ1) is 11.5. The molecule has 1 aromatic heterocycles. The lowest BCUT2D eigenvalue weighted by Gasteiger charge is -2.24. The predicted octanol–water partition coefficient (Wildman–Crippen LogP) is 2.95. The summed E-state index contributed by atoms with van der Waals surface area (Å²) in [7, 11) is 1.60. The molecule has 24 heavy (non-hydrogen) atoms. The minimum atomic E-state index is -1.14. The summed E-state index contributed by atoms with van der Waals surface area (Å²) in [5, 5.41) is 12.9. The molecule has 1 fully saturated rings. The predicted molar refractivity (Wildman–Crippen MR) is 90.4 cm³/mol. The van der Waals surface area contributed by atoms with Crippen LogP contribution in [0.15, 0.2) is 30.5 Å². The van der Waals surface area contributed by atoms with Gasteiger partial charge in [0.25, 0.3) is 5.91 Å². The van der Waals surface area contributed by atoms with Crippen molar-refractivity contribution in [1.29, 1.82) is 0 Å². The number of methoxy groups -OCH3 is 1. The van der Waals surface area contributed by atoms with E-state index in [1.165, 1.54) is 17.5 Å². The second-order valence-electron chi connectivity index (χ2n) is 5.81. The molecule has 0 unspecified atom stereocenters. The lowest BCUT2D eigenvalue weighted by molar-refractivity contribution is -0.144. The number of rotatable bonds is 5. The molecule has 0 radical (unpaired) electrons. The van der Waals surface area contributed by atoms with E-state index in [2.05, 4.69) is 10.3 Å². The van der Waals surface area contributed by atoms with Crippen LogP contribution in [0.25, 0.3) is 10.6 Å². The average Bonchev–Trinajstić information content (AvgIpc) is 3.25. The largest absolute Gasteiger partial charge is 0.497 e. The van der Waals surface area contributed by atoms with Gasteiger partial charge in [-0.1, -0.05) is 12.8 Å². The van der Waals surface area contributed by atoms with Gasteiger partial charge in [0.1, 0.15) is 21.2 Å². The van der Waals surface area contributed by atoms with Crippen LogP contribution in [0, 0.1) is 0 Å². The van der Waals surface area contributed by atoms with E-state index in [-0.39, 0.29) is 5.91 Å². The highest BCUT2D eigenvalue weighted by Gasteiger charge is 2.42. The van der Waals surface area contributed by atoms with Gasteiger partial charge in [-0.25, -0.2) is 9.78 Å². The molecule has 1 saturated carbocycles. The number of aromatic nitrogens is 1. The molecular formula is C17H18N2O4S. The van der Waals surface area contributed by atoms with Gasteiger partial charge in [-0.15, -0.1) is 11.3 Å². The van der Waals surface area contributed by atoms with E-state index in [9.17, 15) is 14.7 Å². The van der Waals surface area contributed by atoms with Crippen LogP contribution in [0.5, 0.6) is 5.75 Å². The molecule has 0 saturated heterocycles. The first-order valence-electron chi connectivity index (χ1n) is 7.70. The van der Waals surface area contributed by atoms with Gasteiger partial charge in [-0.2, -0.15) is 0 Å². The van der Waals surface area contributed by atoms with Crippen molar-refractivity contribution in [3.63, 3.8) is 0 Å². The van der Waals surface area contributed by atoms with Crippen molar-refractivity contribution in [3.8, 4) is 16.3 Å². The number of carbonyl (C=O) groups is 2. The molecule has 0 spiro atoms. The summed E-state index contributed by atoms with van der Waals surface area (Å²) >= 11 is 1.24. The molecule has 3 rings (SSSR count). The zero-order valence-electron chi connectivity index (χ0n) is 13.2. The Morgan fingerprint density at radius 3 is 2.50 bits per heavy atom. The summed E-state index contributed by atoms with van der Waals surface area (Å²) in [5.41, 5.74) is -0.255. The van der Waals surface area contributed by atoms with Crippen LogP contribution in [-0.4, -0.2) is 34.6 Å². The molecule has 1 aromatic carbocycles. The molecule has 6 nitrogen and oxygen atoms in total. The second-order valence-corrected chi connectivity index (χ2v) is 6.84. The van der Waals surface area contributed by atoms with E-state index in [1.807, 2.05) is 24.3 Å². The van der Waals surface area contributed by atoms with Crippen LogP contribution < -0.4 is 10.1 Å². The Morgan fingerprint density at radius 2 is 1.92 bits per heavy atom. The van der Waals surface area contributed by atoms with Crippen LogP contribution in [0.3, 0.4) is 0 Å². The van der Waals surface area contributed by atoms with Crippen LogP contribution in [0.2, 0.25) is 0 Å². The zero-order chi connectivity index (χ0) is 17.2. The van der Waals surface area contributed by atoms with Crippen LogP contribution in [-0.2, 0) is 4.79 Å². The molecule has 1 aliphatic carbocycles. The molecular weight excluding hydrogens is 328 g/mol. The first-order valence-corrected chi connectivity index (χ1v) is 8.52. The maximum absolute atomic E-state index is 12.4. The second kappa shape index (κ2) is 6.60. The third kappa shape index (κ3) is 3.12. The molecule has 0 atom stereocenters. The molecule has 7 heteroatoms. The third-order valence-corrected chi connectivity index (χ3v) is 5.33. The topological polar surface area (TPSA) is 88.5 Å². The highest BCUT2D eigenvalue weighted by atomic mass is 32.1. The fourth-order valence-electron chi connectivity index (χ4n) is 2.90. The SMILES string of the molecule is COc1ccc(-c2ncc(C(=O)NC3(C(=O)O)CCCC3)s2)cc1. The minimum absolute atomic E-state index is 0.378. The Kier molecular flexibility index (Phi) is 4.53. The summed E-state index contributed by atoms with van der Waals surface area (Å²) in [5.74, 6) is -0.595. The van der Waals surface area contributed by atoms with Crippen molar-refractivity contribution in [2.45, 2.75) is 31.2 Å². The van der Waals surface area contributed by atoms with Gasteiger partial charge in [0.2, 0.25) is 0 Å². The Bertz CT molecular complexity index is 748. The average molecular weight is 346 g/mol. The van der Waals surface area contributed by atoms with Crippen molar-refractivity contribution in [2.75, 3.05) is 7.11 Å². The van der Waals surface area contributed by atoms with E-state index in [0.29, 0.717) is 22.7 Å². The van der Waals surface area contributed by atoms with Gasteiger partial charge in [0, 0.05) is 5.56 Å². The Balaban J connectivity index is 1.77. The molecule has 2 N–H and O–H groups in total. The minimum Gasteiger partial charge on any atom is -0.497 e. The van der Waals surface area contributed by atoms with Crippen molar-refractivity contribution in [2.24, 2.45) is 0 Å². The number of carboxylic acids is 1. The number of ether oxygens (including phenoxy) is 1. The molecule has 2 aromatic rings. The number of carboxylic acid groups (broad SMARTS) is 1. The lowest BCUT2D eigenvalue weighted by Crippen LogP contribution is -2.52. The number of aliphatic carboxylic acids is 1. The summed E-state index contributed by atoms with van der Waals surface area (Å²) in [6, 6.07) is 7.40. The van der Waals surface area contributed by atoms with Gasteiger partial charge in [-0.05, 0) is 37.1 Å². The molecule has 126 valence electrons. The van der Waals surface area contributed by atoms with Crippen LogP contribution in [0.4, 0.5) is 0 Å². The monoisotopic (exact) mass is 346 g/mol. The third-order valence-electron chi connectivity index (χ3n) is 4.29. The standard InChI is InChI=1S/C17H18N2O4S/c1-23-12-6-4-11(5-7-12)15-18-10-13(24-15)14(20)19-17(16(21)22)8-2-3-9-17/h4-7,10H,2-3,8-9H2,1H3,(H,19,20)(H,21,22). The summed E-state index contributed by atoms with van der Waals surface area (Å²) in [4.78, 5) is 28.7. The van der Waals surface area contributed by atoms with E-state index in [1.54, 1.807) is 7.11 Å². The maximum Gasteiger partial charge on any atom is 0.329 e. The van der Waals surface area contributed by atoms with Gasteiger partial charge in [-0.3, -0.25) is 4.79 Å². The highest BCUT2D eigenvalue weighted by Crippen LogP contribution is 2.31. The normalized spacial score (nSPS) is 15.9. The van der Waals surface area contributed by atoms with E-state index < -0.39 is 11.5 Å². The Labute approximate surface area is 143 Å². The van der Waals surface area contributed by atoms with Gasteiger partial charge in [0.05, 0.1) is 13.3 Å². The molecule has 0 bridgehead atoms. The van der Waals surface area contributed by atoms with E-state index >= 15 is 0 Å². The smallest absolute Gasteiger partial charge is 0.329 e. The van der Waals surface area contributed by atoms with Gasteiger partial charge in [0.15, 0.2) is 0 Å². The fourth-order valence-corrected chi connectivity index (χ4v) is 3.71. The number of carbonyl (C=O) groups excluding carboxylic acids is 1. The number of hydrogen-bond acceptors (Lipinski definition) is 5. The number of amides is 1. The summed E-state index contributed by atoms with van der Waals surface area (Å²) < 4.78 is 5.12. The van der Waals surface area contributed by atoms with E-state index in [0.717, 1.165) is 24.2 Å². The van der Waals surface area contributed by atoms with Crippen molar-refractivity contribution in [3.05, 3.63) is 35.3 Å². The number of nitrogens with zero attached hydrogens (tertiary/aromatic N) is 1. The van der Waals surface area contributed by atoms with Gasteiger partial charge >= 0.3 is 5.97 Å². The zero-order valence-corrected chi connectivity index (χ0v) is 14.1. The van der Waals surface area contributed by atoms with Crippen LogP contribution >= 0.6 is 11.3 Å². The highest BCUT2D eigenvalue weighted by molar-refractivity contribution is 7.16. The van der Waals surface area contributed by atoms with Crippen molar-refractivity contribution in [1.82, 2.24) is 10.3 Å². The molecule has 1 aliphatic rings. The Hall–Kier alpha value is -2.41. The maximum atomic E-state index is 12.4. The van der Waals surface area contributed by atoms with Crippen LogP contribution in [0.1, 0.15) is 35.4 Å². The number of hydrogen-bond donors (Lipinski definition) is 2. The van der Waals surface area contributed by atoms with Crippen molar-refractivity contribution < 1.29 is 19.4 Å². The van der Waals surface area contributed by atoms with E-state index in [4.69, 9.17) is 4.74 Å². The fraction of sp³-hybridized carbons (Fsp3) is 0.353. The molecule has 1 amide bonds. The lowest BCUT2D eigenvalue weighted by atomic mass is 9.98. The Morgan fingerprint density at radius 1 is 1.25 bits per heavy atom. The summed E-state index contributed by atoms with van der Waals surface area (Å²) in [6.45, 7) is 0. The quantitative estimate of drug-likeness (QED) is 0.869. The number of nitrogens with one attached hydrogen (secondary N) is 1. The number of thiazole rings is 1. The summed E-state index contributed by atoms with van der Waals surface area (Å²) in [6.07, 6.45) is 4.05. The molecule has 1 heterocycles. The van der Waals surface area contributed by atoms with Gasteiger partial charge < -0.3 is 15.2 Å². The molecule has 0 aliphatic heterocycles.